The van der Waals surface area contributed by atoms with Gasteiger partial charge in [-0.1, -0.05) is 36.4 Å². The molecule has 0 unspecified atom stereocenters. The Balaban J connectivity index is 1.47. The summed E-state index contributed by atoms with van der Waals surface area (Å²) in [6.45, 7) is 6.47. The fourth-order valence-corrected chi connectivity index (χ4v) is 4.97. The molecule has 2 saturated heterocycles. The van der Waals surface area contributed by atoms with E-state index in [1.54, 1.807) is 6.92 Å². The smallest absolute Gasteiger partial charge is 0.219 e. The van der Waals surface area contributed by atoms with Crippen LogP contribution in [0, 0.1) is 18.8 Å². The fourth-order valence-electron chi connectivity index (χ4n) is 4.97. The molecule has 0 radical (unpaired) electrons. The van der Waals surface area contributed by atoms with Gasteiger partial charge in [-0.2, -0.15) is 0 Å². The average molecular weight is 372 g/mol. The molecule has 0 aliphatic carbocycles. The third kappa shape index (κ3) is 2.73. The monoisotopic (exact) mass is 372 g/mol. The lowest BCUT2D eigenvalue weighted by Crippen LogP contribution is -2.34. The lowest BCUT2D eigenvalue weighted by molar-refractivity contribution is -0.130. The first-order chi connectivity index (χ1) is 13.6. The number of amides is 1. The summed E-state index contributed by atoms with van der Waals surface area (Å²) in [7, 11) is 0. The number of rotatable bonds is 2. The number of aromatic nitrogens is 2. The zero-order valence-corrected chi connectivity index (χ0v) is 16.2. The first-order valence-electron chi connectivity index (χ1n) is 9.91. The summed E-state index contributed by atoms with van der Waals surface area (Å²) in [5.41, 5.74) is 4.38. The van der Waals surface area contributed by atoms with E-state index in [-0.39, 0.29) is 11.9 Å². The zero-order chi connectivity index (χ0) is 19.3. The number of anilines is 1. The number of carbonyl (C=O) groups is 1. The van der Waals surface area contributed by atoms with Gasteiger partial charge in [-0.25, -0.2) is 4.98 Å². The van der Waals surface area contributed by atoms with Gasteiger partial charge in [0.2, 0.25) is 5.91 Å². The maximum Gasteiger partial charge on any atom is 0.219 e. The van der Waals surface area contributed by atoms with Crippen LogP contribution in [0.25, 0.3) is 11.0 Å². The average Bonchev–Trinajstić information content (AvgIpc) is 3.26. The Kier molecular flexibility index (Phi) is 4.04. The number of benzene rings is 2. The normalized spacial score (nSPS) is 24.0. The number of fused-ring (bicyclic) bond motifs is 2. The quantitative estimate of drug-likeness (QED) is 0.690. The molecule has 0 bridgehead atoms. The minimum absolute atomic E-state index is 0.141. The molecule has 3 heterocycles. The first kappa shape index (κ1) is 17.2. The van der Waals surface area contributed by atoms with E-state index >= 15 is 0 Å². The van der Waals surface area contributed by atoms with Gasteiger partial charge in [-0.15, -0.1) is 0 Å². The Morgan fingerprint density at radius 3 is 2.54 bits per heavy atom. The molecule has 1 aromatic heterocycles. The van der Waals surface area contributed by atoms with Crippen LogP contribution in [0.2, 0.25) is 0 Å². The third-order valence-corrected chi connectivity index (χ3v) is 6.34. The van der Waals surface area contributed by atoms with Crippen molar-refractivity contribution in [2.45, 2.75) is 19.9 Å². The van der Waals surface area contributed by atoms with Gasteiger partial charge in [-0.3, -0.25) is 9.78 Å². The van der Waals surface area contributed by atoms with Gasteiger partial charge in [0.05, 0.1) is 23.3 Å². The maximum absolute atomic E-state index is 12.4. The number of para-hydroxylation sites is 2. The van der Waals surface area contributed by atoms with Crippen LogP contribution in [-0.4, -0.2) is 40.4 Å². The van der Waals surface area contributed by atoms with Crippen molar-refractivity contribution in [3.63, 3.8) is 0 Å². The molecule has 5 rings (SSSR count). The predicted molar refractivity (Wildman–Crippen MR) is 110 cm³/mol. The zero-order valence-electron chi connectivity index (χ0n) is 16.2. The number of likely N-dealkylation sites (tertiary alicyclic amines) is 1. The largest absolute Gasteiger partial charge is 0.355 e. The molecule has 142 valence electrons. The third-order valence-electron chi connectivity index (χ3n) is 6.34. The Morgan fingerprint density at radius 2 is 1.75 bits per heavy atom. The molecule has 5 nitrogen and oxygen atoms in total. The number of hydrogen-bond donors (Lipinski definition) is 0. The van der Waals surface area contributed by atoms with E-state index < -0.39 is 0 Å². The first-order valence-corrected chi connectivity index (χ1v) is 9.91. The molecule has 28 heavy (non-hydrogen) atoms. The van der Waals surface area contributed by atoms with Crippen LogP contribution < -0.4 is 4.90 Å². The lowest BCUT2D eigenvalue weighted by Gasteiger charge is -2.30. The Hall–Kier alpha value is -2.95. The highest BCUT2D eigenvalue weighted by Crippen LogP contribution is 2.46. The van der Waals surface area contributed by atoms with Gasteiger partial charge in [0.1, 0.15) is 5.82 Å². The van der Waals surface area contributed by atoms with Crippen LogP contribution in [0.15, 0.2) is 54.7 Å². The predicted octanol–water partition coefficient (Wildman–Crippen LogP) is 3.59. The van der Waals surface area contributed by atoms with E-state index in [9.17, 15) is 4.79 Å². The Bertz CT molecular complexity index is 1050. The van der Waals surface area contributed by atoms with E-state index in [1.165, 1.54) is 11.1 Å². The maximum atomic E-state index is 12.4. The molecule has 0 N–H and O–H groups in total. The highest BCUT2D eigenvalue weighted by atomic mass is 16.2. The summed E-state index contributed by atoms with van der Waals surface area (Å²) in [4.78, 5) is 26.2. The molecule has 2 aliphatic rings. The summed E-state index contributed by atoms with van der Waals surface area (Å²) in [6, 6.07) is 16.6. The molecule has 0 spiro atoms. The molecular weight excluding hydrogens is 348 g/mol. The summed E-state index contributed by atoms with van der Waals surface area (Å²) in [5, 5.41) is 0. The highest BCUT2D eigenvalue weighted by Gasteiger charge is 2.49. The summed E-state index contributed by atoms with van der Waals surface area (Å²) < 4.78 is 0. The second-order valence-corrected chi connectivity index (χ2v) is 8.02. The van der Waals surface area contributed by atoms with Gasteiger partial charge in [-0.05, 0) is 30.2 Å². The summed E-state index contributed by atoms with van der Waals surface area (Å²) in [5.74, 6) is 1.98. The number of nitrogens with zero attached hydrogens (tertiary/aromatic N) is 4. The molecule has 3 atom stereocenters. The number of aryl methyl sites for hydroxylation is 1. The lowest BCUT2D eigenvalue weighted by atomic mass is 9.87. The molecule has 5 heteroatoms. The van der Waals surface area contributed by atoms with Crippen molar-refractivity contribution in [1.82, 2.24) is 14.9 Å². The van der Waals surface area contributed by atoms with Gasteiger partial charge in [0, 0.05) is 38.4 Å². The van der Waals surface area contributed by atoms with Crippen molar-refractivity contribution < 1.29 is 4.79 Å². The molecule has 2 aliphatic heterocycles. The van der Waals surface area contributed by atoms with Crippen LogP contribution in [0.4, 0.5) is 5.82 Å². The van der Waals surface area contributed by atoms with Crippen molar-refractivity contribution in [1.29, 1.82) is 0 Å². The van der Waals surface area contributed by atoms with Gasteiger partial charge < -0.3 is 9.80 Å². The van der Waals surface area contributed by atoms with Crippen molar-refractivity contribution in [3.8, 4) is 0 Å². The van der Waals surface area contributed by atoms with Crippen LogP contribution in [0.3, 0.4) is 0 Å². The highest BCUT2D eigenvalue weighted by molar-refractivity contribution is 5.76. The molecule has 1 amide bonds. The molecule has 0 saturated carbocycles. The van der Waals surface area contributed by atoms with Crippen molar-refractivity contribution in [2.24, 2.45) is 11.8 Å². The van der Waals surface area contributed by atoms with Gasteiger partial charge in [0.25, 0.3) is 0 Å². The number of carbonyl (C=O) groups excluding carboxylic acids is 1. The van der Waals surface area contributed by atoms with Crippen molar-refractivity contribution in [2.75, 3.05) is 24.5 Å². The van der Waals surface area contributed by atoms with Crippen LogP contribution in [0.5, 0.6) is 0 Å². The van der Waals surface area contributed by atoms with E-state index in [1.807, 2.05) is 30.5 Å². The van der Waals surface area contributed by atoms with Gasteiger partial charge in [0.15, 0.2) is 0 Å². The van der Waals surface area contributed by atoms with E-state index in [0.29, 0.717) is 11.8 Å². The number of hydrogen-bond acceptors (Lipinski definition) is 4. The van der Waals surface area contributed by atoms with E-state index in [4.69, 9.17) is 4.98 Å². The van der Waals surface area contributed by atoms with Crippen LogP contribution >= 0.6 is 0 Å². The molecular formula is C23H24N4O. The topological polar surface area (TPSA) is 49.3 Å². The standard InChI is InChI=1S/C23H24N4O/c1-15-7-3-4-8-18(15)23-19-14-26(12-17(19)13-27(23)16(2)28)22-11-24-20-9-5-6-10-21(20)25-22/h3-11,17,19,23H,12-14H2,1-2H3/t17-,19-,23+/m1/s1. The fraction of sp³-hybridized carbons (Fsp3) is 0.348. The van der Waals surface area contributed by atoms with Crippen LogP contribution in [-0.2, 0) is 4.79 Å². The van der Waals surface area contributed by atoms with Crippen molar-refractivity contribution in [3.05, 3.63) is 65.9 Å². The second kappa shape index (κ2) is 6.59. The second-order valence-electron chi connectivity index (χ2n) is 8.02. The SMILES string of the molecule is CC(=O)N1C[C@H]2CN(c3cnc4ccccc4n3)C[C@H]2[C@@H]1c1ccccc1C. The summed E-state index contributed by atoms with van der Waals surface area (Å²) in [6.07, 6.45) is 1.88. The van der Waals surface area contributed by atoms with E-state index in [2.05, 4.69) is 46.0 Å². The molecule has 2 fully saturated rings. The minimum Gasteiger partial charge on any atom is -0.355 e. The Morgan fingerprint density at radius 1 is 1.00 bits per heavy atom. The molecule has 2 aromatic carbocycles. The van der Waals surface area contributed by atoms with Crippen molar-refractivity contribution >= 4 is 22.8 Å². The van der Waals surface area contributed by atoms with Crippen LogP contribution in [0.1, 0.15) is 24.1 Å². The molecule has 3 aromatic rings. The van der Waals surface area contributed by atoms with Gasteiger partial charge >= 0.3 is 0 Å². The minimum atomic E-state index is 0.141. The Labute approximate surface area is 165 Å². The van der Waals surface area contributed by atoms with E-state index in [0.717, 1.165) is 36.5 Å². The summed E-state index contributed by atoms with van der Waals surface area (Å²) >= 11 is 0.